The first kappa shape index (κ1) is 24.1. The van der Waals surface area contributed by atoms with Crippen LogP contribution in [0.1, 0.15) is 41.9 Å². The number of hydrogen-bond acceptors (Lipinski definition) is 4. The average Bonchev–Trinajstić information content (AvgIpc) is 3.26. The van der Waals surface area contributed by atoms with E-state index in [1.54, 1.807) is 16.4 Å². The van der Waals surface area contributed by atoms with Crippen molar-refractivity contribution in [2.24, 2.45) is 0 Å². The molecule has 0 bridgehead atoms. The molecule has 0 spiro atoms. The highest BCUT2D eigenvalue weighted by molar-refractivity contribution is 5.98. The Hall–Kier alpha value is -3.65. The van der Waals surface area contributed by atoms with E-state index in [0.29, 0.717) is 44.1 Å². The van der Waals surface area contributed by atoms with Crippen LogP contribution in [-0.2, 0) is 11.2 Å². The summed E-state index contributed by atoms with van der Waals surface area (Å²) in [6, 6.07) is 19.6. The minimum absolute atomic E-state index is 0.00501. The number of benzene rings is 2. The molecule has 2 aliphatic rings. The van der Waals surface area contributed by atoms with Gasteiger partial charge in [-0.15, -0.1) is 0 Å². The Bertz CT molecular complexity index is 1270. The summed E-state index contributed by atoms with van der Waals surface area (Å²) < 4.78 is 1.71. The lowest BCUT2D eigenvalue weighted by Crippen LogP contribution is -2.54. The first-order chi connectivity index (χ1) is 17.5. The molecule has 2 atom stereocenters. The number of carbonyl (C=O) groups is 2. The molecule has 8 nitrogen and oxygen atoms in total. The second kappa shape index (κ2) is 10.5. The van der Waals surface area contributed by atoms with E-state index in [9.17, 15) is 14.4 Å². The lowest BCUT2D eigenvalue weighted by molar-refractivity contribution is -0.130. The molecule has 2 fully saturated rings. The van der Waals surface area contributed by atoms with Gasteiger partial charge in [0.15, 0.2) is 0 Å². The fourth-order valence-corrected chi connectivity index (χ4v) is 5.52. The van der Waals surface area contributed by atoms with Gasteiger partial charge in [-0.05, 0) is 24.8 Å². The maximum atomic E-state index is 14.1. The summed E-state index contributed by atoms with van der Waals surface area (Å²) in [6.45, 7) is 4.69. The monoisotopic (exact) mass is 487 g/mol. The van der Waals surface area contributed by atoms with E-state index >= 15 is 0 Å². The van der Waals surface area contributed by atoms with Crippen molar-refractivity contribution in [1.82, 2.24) is 24.7 Å². The Morgan fingerprint density at radius 1 is 1.00 bits per heavy atom. The van der Waals surface area contributed by atoms with E-state index in [1.807, 2.05) is 53.4 Å². The summed E-state index contributed by atoms with van der Waals surface area (Å²) >= 11 is 0. The first-order valence-corrected chi connectivity index (χ1v) is 12.7. The minimum atomic E-state index is -0.303. The number of hydrogen-bond donors (Lipinski definition) is 2. The summed E-state index contributed by atoms with van der Waals surface area (Å²) in [5, 5.41) is 3.41. The number of nitrogens with zero attached hydrogens (tertiary/aromatic N) is 3. The van der Waals surface area contributed by atoms with Gasteiger partial charge in [0.25, 0.3) is 5.91 Å². The van der Waals surface area contributed by atoms with Crippen LogP contribution < -0.4 is 11.0 Å². The van der Waals surface area contributed by atoms with E-state index in [4.69, 9.17) is 0 Å². The Kier molecular flexibility index (Phi) is 7.04. The molecule has 3 aromatic rings. The van der Waals surface area contributed by atoms with E-state index in [-0.39, 0.29) is 29.6 Å². The smallest absolute Gasteiger partial charge is 0.326 e. The maximum absolute atomic E-state index is 14.1. The van der Waals surface area contributed by atoms with E-state index in [1.165, 1.54) is 5.56 Å². The molecule has 5 rings (SSSR count). The van der Waals surface area contributed by atoms with Crippen LogP contribution in [0.3, 0.4) is 0 Å². The van der Waals surface area contributed by atoms with Crippen molar-refractivity contribution in [3.8, 4) is 11.3 Å². The third kappa shape index (κ3) is 4.86. The van der Waals surface area contributed by atoms with Gasteiger partial charge in [0.1, 0.15) is 5.69 Å². The molecular formula is C28H33N5O3. The number of H-pyrrole nitrogens is 1. The van der Waals surface area contributed by atoms with Crippen molar-refractivity contribution in [2.75, 3.05) is 32.7 Å². The lowest BCUT2D eigenvalue weighted by Gasteiger charge is -2.36. The van der Waals surface area contributed by atoms with Crippen molar-refractivity contribution in [3.63, 3.8) is 0 Å². The van der Waals surface area contributed by atoms with Crippen LogP contribution >= 0.6 is 0 Å². The molecule has 0 aliphatic carbocycles. The highest BCUT2D eigenvalue weighted by Crippen LogP contribution is 2.30. The standard InChI is InChI=1S/C28H33N5O3/c1-20(34)31-15-8-13-23(19-31)33-26(22-11-6-3-7-12-22)25(30-28(33)36)27(35)32-16-14-29-18-24(32)17-21-9-4-2-5-10-21/h2-7,9-12,23-24,29H,8,13-19H2,1H3,(H,30,36). The fourth-order valence-electron chi connectivity index (χ4n) is 5.52. The topological polar surface area (TPSA) is 90.4 Å². The summed E-state index contributed by atoms with van der Waals surface area (Å²) in [5.74, 6) is -0.156. The molecule has 2 N–H and O–H groups in total. The number of nitrogens with one attached hydrogen (secondary N) is 2. The van der Waals surface area contributed by atoms with Gasteiger partial charge in [-0.3, -0.25) is 14.2 Å². The summed E-state index contributed by atoms with van der Waals surface area (Å²) in [6.07, 6.45) is 2.33. The van der Waals surface area contributed by atoms with Crippen molar-refractivity contribution < 1.29 is 9.59 Å². The molecule has 8 heteroatoms. The van der Waals surface area contributed by atoms with Crippen LogP contribution in [0, 0.1) is 0 Å². The van der Waals surface area contributed by atoms with Crippen LogP contribution in [0.15, 0.2) is 65.5 Å². The van der Waals surface area contributed by atoms with Crippen molar-refractivity contribution >= 4 is 11.8 Å². The number of likely N-dealkylation sites (tertiary alicyclic amines) is 1. The van der Waals surface area contributed by atoms with Crippen molar-refractivity contribution in [1.29, 1.82) is 0 Å². The lowest BCUT2D eigenvalue weighted by atomic mass is 10.0. The number of aromatic amines is 1. The van der Waals surface area contributed by atoms with Gasteiger partial charge >= 0.3 is 5.69 Å². The fraction of sp³-hybridized carbons (Fsp3) is 0.393. The zero-order valence-electron chi connectivity index (χ0n) is 20.7. The summed E-state index contributed by atoms with van der Waals surface area (Å²) in [4.78, 5) is 46.2. The number of piperazine rings is 1. The summed E-state index contributed by atoms with van der Waals surface area (Å²) in [5.41, 5.74) is 2.62. The molecule has 0 saturated carbocycles. The predicted octanol–water partition coefficient (Wildman–Crippen LogP) is 2.68. The Labute approximate surface area is 210 Å². The zero-order chi connectivity index (χ0) is 25.1. The molecule has 0 radical (unpaired) electrons. The second-order valence-corrected chi connectivity index (χ2v) is 9.70. The number of piperidine rings is 1. The van der Waals surface area contributed by atoms with Crippen LogP contribution in [-0.4, -0.2) is 69.9 Å². The van der Waals surface area contributed by atoms with E-state index in [2.05, 4.69) is 22.4 Å². The average molecular weight is 488 g/mol. The third-order valence-electron chi connectivity index (χ3n) is 7.32. The highest BCUT2D eigenvalue weighted by atomic mass is 16.2. The molecule has 36 heavy (non-hydrogen) atoms. The third-order valence-corrected chi connectivity index (χ3v) is 7.32. The van der Waals surface area contributed by atoms with Crippen LogP contribution in [0.5, 0.6) is 0 Å². The molecule has 2 unspecified atom stereocenters. The number of imidazole rings is 1. The SMILES string of the molecule is CC(=O)N1CCCC(n2c(-c3ccccc3)c(C(=O)N3CCNCC3Cc3ccccc3)[nH]c2=O)C1. The highest BCUT2D eigenvalue weighted by Gasteiger charge is 2.34. The summed E-state index contributed by atoms with van der Waals surface area (Å²) in [7, 11) is 0. The number of aromatic nitrogens is 2. The quantitative estimate of drug-likeness (QED) is 0.579. The van der Waals surface area contributed by atoms with Gasteiger partial charge in [0.05, 0.1) is 11.7 Å². The number of amides is 2. The van der Waals surface area contributed by atoms with Gasteiger partial charge in [0, 0.05) is 51.3 Å². The molecule has 2 aliphatic heterocycles. The Morgan fingerprint density at radius 2 is 1.72 bits per heavy atom. The molecular weight excluding hydrogens is 454 g/mol. The number of rotatable bonds is 5. The molecule has 1 aromatic heterocycles. The first-order valence-electron chi connectivity index (χ1n) is 12.7. The van der Waals surface area contributed by atoms with Gasteiger partial charge in [-0.25, -0.2) is 4.79 Å². The van der Waals surface area contributed by atoms with Gasteiger partial charge in [0.2, 0.25) is 5.91 Å². The molecule has 2 amide bonds. The second-order valence-electron chi connectivity index (χ2n) is 9.70. The van der Waals surface area contributed by atoms with Gasteiger partial charge < -0.3 is 20.1 Å². The zero-order valence-corrected chi connectivity index (χ0v) is 20.7. The molecule has 2 aromatic carbocycles. The Morgan fingerprint density at radius 3 is 2.44 bits per heavy atom. The van der Waals surface area contributed by atoms with E-state index in [0.717, 1.165) is 24.8 Å². The molecule has 3 heterocycles. The largest absolute Gasteiger partial charge is 0.341 e. The van der Waals surface area contributed by atoms with Crippen molar-refractivity contribution in [3.05, 3.63) is 82.4 Å². The van der Waals surface area contributed by atoms with Gasteiger partial charge in [-0.2, -0.15) is 0 Å². The normalized spacial score (nSPS) is 20.4. The number of carbonyl (C=O) groups excluding carboxylic acids is 2. The molecule has 2 saturated heterocycles. The van der Waals surface area contributed by atoms with Crippen molar-refractivity contribution in [2.45, 2.75) is 38.3 Å². The minimum Gasteiger partial charge on any atom is -0.341 e. The molecule has 188 valence electrons. The maximum Gasteiger partial charge on any atom is 0.326 e. The Balaban J connectivity index is 1.54. The van der Waals surface area contributed by atoms with Gasteiger partial charge in [-0.1, -0.05) is 60.7 Å². The van der Waals surface area contributed by atoms with Crippen LogP contribution in [0.2, 0.25) is 0 Å². The van der Waals surface area contributed by atoms with Crippen LogP contribution in [0.4, 0.5) is 0 Å². The van der Waals surface area contributed by atoms with E-state index < -0.39 is 0 Å². The predicted molar refractivity (Wildman–Crippen MR) is 139 cm³/mol. The van der Waals surface area contributed by atoms with Crippen LogP contribution in [0.25, 0.3) is 11.3 Å².